The zero-order valence-corrected chi connectivity index (χ0v) is 19.2. The maximum absolute atomic E-state index is 13.5. The molecule has 32 heteroatoms. The van der Waals surface area contributed by atoms with Crippen LogP contribution in [0.1, 0.15) is 0 Å². The van der Waals surface area contributed by atoms with Gasteiger partial charge in [-0.25, -0.2) is 18.1 Å². The first-order valence-corrected chi connectivity index (χ1v) is 10.2. The fourth-order valence-corrected chi connectivity index (χ4v) is 3.03. The molecule has 0 heterocycles. The van der Waals surface area contributed by atoms with E-state index in [2.05, 4.69) is 0 Å². The molecule has 0 rings (SSSR count). The number of rotatable bonds is 12. The molecule has 4 nitrogen and oxygen atoms in total. The Labute approximate surface area is 218 Å². The molecule has 0 bridgehead atoms. The zero-order valence-electron chi connectivity index (χ0n) is 18.3. The molecular weight excluding hydrogens is 752 g/mol. The van der Waals surface area contributed by atoms with Gasteiger partial charge in [0, 0.05) is 0 Å². The van der Waals surface area contributed by atoms with Crippen LogP contribution in [-0.2, 0) is 18.1 Å². The van der Waals surface area contributed by atoms with Crippen LogP contribution in [0.5, 0.6) is 0 Å². The number of alkyl halides is 27. The number of phosphoric ester groups is 1. The summed E-state index contributed by atoms with van der Waals surface area (Å²) in [7, 11) is -10.0. The van der Waals surface area contributed by atoms with Crippen LogP contribution in [0.4, 0.5) is 119 Å². The summed E-state index contributed by atoms with van der Waals surface area (Å²) in [5.74, 6) is -51.7. The summed E-state index contributed by atoms with van der Waals surface area (Å²) in [4.78, 5) is 0. The normalized spacial score (nSPS) is 16.9. The molecule has 0 fully saturated rings. The van der Waals surface area contributed by atoms with Gasteiger partial charge in [0.1, 0.15) is 0 Å². The monoisotopic (exact) mass is 752 g/mol. The first-order chi connectivity index (χ1) is 18.4. The number of hydrogen-bond acceptors (Lipinski definition) is 4. The summed E-state index contributed by atoms with van der Waals surface area (Å²) in [6.07, 6.45) is -50.2. The highest BCUT2D eigenvalue weighted by Gasteiger charge is 2.88. The van der Waals surface area contributed by atoms with Crippen molar-refractivity contribution < 1.29 is 137 Å². The van der Waals surface area contributed by atoms with Crippen molar-refractivity contribution in [2.24, 2.45) is 0 Å². The lowest BCUT2D eigenvalue weighted by Crippen LogP contribution is -2.63. The van der Waals surface area contributed by atoms with E-state index in [1.165, 1.54) is 13.6 Å². The van der Waals surface area contributed by atoms with Crippen LogP contribution >= 0.6 is 7.82 Å². The topological polar surface area (TPSA) is 44.8 Å². The Balaban J connectivity index is 7.53. The van der Waals surface area contributed by atoms with Crippen LogP contribution < -0.4 is 0 Å². The highest BCUT2D eigenvalue weighted by atomic mass is 31.2. The van der Waals surface area contributed by atoms with E-state index in [1.807, 2.05) is 0 Å². The highest BCUT2D eigenvalue weighted by Crippen LogP contribution is 2.69. The van der Waals surface area contributed by atoms with E-state index in [9.17, 15) is 123 Å². The summed E-state index contributed by atoms with van der Waals surface area (Å²) >= 11 is 0. The first kappa shape index (κ1) is 42.2. The minimum atomic E-state index is -10.0. The summed E-state index contributed by atoms with van der Waals surface area (Å²) in [5.41, 5.74) is 0. The van der Waals surface area contributed by atoms with Crippen LogP contribution in [-0.4, -0.2) is 72.4 Å². The van der Waals surface area contributed by atoms with E-state index in [0.717, 1.165) is 0 Å². The van der Waals surface area contributed by atoms with E-state index in [0.29, 0.717) is 0 Å². The van der Waals surface area contributed by atoms with Crippen LogP contribution in [0.15, 0.2) is 0 Å². The molecule has 0 aromatic heterocycles. The van der Waals surface area contributed by atoms with Gasteiger partial charge in [-0.1, -0.05) is 0 Å². The lowest BCUT2D eigenvalue weighted by atomic mass is 10.1. The second-order valence-electron chi connectivity index (χ2n) is 7.21. The van der Waals surface area contributed by atoms with Crippen LogP contribution in [0, 0.1) is 0 Å². The Kier molecular flexibility index (Phi) is 10.2. The van der Waals surface area contributed by atoms with Gasteiger partial charge in [-0.2, -0.15) is 119 Å². The molecule has 0 aromatic rings. The Hall–Kier alpha value is -1.78. The number of phosphoric acid groups is 1. The van der Waals surface area contributed by atoms with Crippen LogP contribution in [0.3, 0.4) is 0 Å². The lowest BCUT2D eigenvalue weighted by Gasteiger charge is -2.38. The smallest absolute Gasteiger partial charge is 0.227 e. The van der Waals surface area contributed by atoms with Gasteiger partial charge in [0.2, 0.25) is 0 Å². The average molecular weight is 752 g/mol. The summed E-state index contributed by atoms with van der Waals surface area (Å²) in [6, 6.07) is 0. The Morgan fingerprint density at radius 3 is 0.523 bits per heavy atom. The van der Waals surface area contributed by atoms with Crippen molar-refractivity contribution in [1.29, 1.82) is 0 Å². The molecule has 0 aliphatic heterocycles. The van der Waals surface area contributed by atoms with Crippen molar-refractivity contribution in [3.8, 4) is 0 Å². The minimum absolute atomic E-state index is 1.20. The van der Waals surface area contributed by atoms with Gasteiger partial charge in [-0.15, -0.1) is 0 Å². The molecule has 266 valence electrons. The molecule has 0 aliphatic rings. The molecule has 0 radical (unpaired) electrons. The Morgan fingerprint density at radius 2 is 0.409 bits per heavy atom. The highest BCUT2D eigenvalue weighted by molar-refractivity contribution is 7.48. The Bertz CT molecular complexity index is 947. The largest absolute Gasteiger partial charge is 0.489 e. The quantitative estimate of drug-likeness (QED) is 0.147. The molecule has 0 aromatic carbocycles. The molecule has 0 amide bonds. The molecule has 0 atom stereocenters. The van der Waals surface area contributed by atoms with Gasteiger partial charge in [0.25, 0.3) is 0 Å². The predicted octanol–water partition coefficient (Wildman–Crippen LogP) is 9.42. The summed E-state index contributed by atoms with van der Waals surface area (Å²) in [5, 5.41) is 0. The molecule has 44 heavy (non-hydrogen) atoms. The first-order valence-electron chi connectivity index (χ1n) is 8.70. The molecule has 0 unspecified atom stereocenters. The van der Waals surface area contributed by atoms with Gasteiger partial charge in [0.05, 0.1) is 0 Å². The fraction of sp³-hybridized carbons (Fsp3) is 1.00. The predicted molar refractivity (Wildman–Crippen MR) is 73.5 cm³/mol. The van der Waals surface area contributed by atoms with E-state index in [4.69, 9.17) is 0 Å². The lowest BCUT2D eigenvalue weighted by molar-refractivity contribution is -0.452. The molecule has 0 N–H and O–H groups in total. The average Bonchev–Trinajstić information content (AvgIpc) is 2.68. The van der Waals surface area contributed by atoms with Crippen molar-refractivity contribution in [3.05, 3.63) is 0 Å². The number of halogens is 27. The van der Waals surface area contributed by atoms with Gasteiger partial charge < -0.3 is 0 Å². The molecular formula is C12F27O4P. The van der Waals surface area contributed by atoms with E-state index in [-0.39, 0.29) is 0 Å². The molecule has 0 saturated carbocycles. The van der Waals surface area contributed by atoms with Gasteiger partial charge in [-0.05, 0) is 0 Å². The second-order valence-corrected chi connectivity index (χ2v) is 8.65. The third-order valence-corrected chi connectivity index (χ3v) is 5.39. The van der Waals surface area contributed by atoms with Gasteiger partial charge in [0.15, 0.2) is 0 Å². The SMILES string of the molecule is O=P(OC(F)(F)C(F)(F)C(F)(F)C(F)(F)F)(OC(F)(F)C(F)(F)C(F)(F)C(F)(F)F)OC(F)(F)C(F)(F)C(F)(F)C(F)(F)F. The minimum Gasteiger partial charge on any atom is -0.227 e. The number of hydrogen-bond donors (Lipinski definition) is 0. The second kappa shape index (κ2) is 10.6. The van der Waals surface area contributed by atoms with Crippen molar-refractivity contribution in [2.45, 2.75) is 72.4 Å². The third-order valence-electron chi connectivity index (χ3n) is 4.03. The third kappa shape index (κ3) is 6.55. The molecule has 0 aliphatic carbocycles. The van der Waals surface area contributed by atoms with E-state index < -0.39 is 80.2 Å². The fourth-order valence-electron chi connectivity index (χ4n) is 1.73. The van der Waals surface area contributed by atoms with Crippen LogP contribution in [0.25, 0.3) is 0 Å². The van der Waals surface area contributed by atoms with Crippen molar-refractivity contribution in [1.82, 2.24) is 0 Å². The van der Waals surface area contributed by atoms with Crippen molar-refractivity contribution in [2.75, 3.05) is 0 Å². The molecule has 0 saturated heterocycles. The van der Waals surface area contributed by atoms with Gasteiger partial charge >= 0.3 is 80.2 Å². The summed E-state index contributed by atoms with van der Waals surface area (Å²) in [6.45, 7) is 0. The maximum atomic E-state index is 13.5. The van der Waals surface area contributed by atoms with E-state index in [1.54, 1.807) is 0 Å². The van der Waals surface area contributed by atoms with Gasteiger partial charge in [-0.3, -0.25) is 0 Å². The molecule has 0 spiro atoms. The zero-order chi connectivity index (χ0) is 36.6. The standard InChI is InChI=1S/C12F27O4P/c13-1(14,7(25,26)27)4(19,20)10(34,35)41-44(40,42-11(36,37)5(21,22)2(15,16)8(28,29)30)43-12(38,39)6(23,24)3(17,18)9(31,32)33. The van der Waals surface area contributed by atoms with Crippen molar-refractivity contribution >= 4 is 7.82 Å². The Morgan fingerprint density at radius 1 is 0.273 bits per heavy atom. The maximum Gasteiger partial charge on any atom is 0.489 e. The van der Waals surface area contributed by atoms with Crippen molar-refractivity contribution in [3.63, 3.8) is 0 Å². The summed E-state index contributed by atoms with van der Waals surface area (Å²) < 4.78 is 361. The van der Waals surface area contributed by atoms with Crippen LogP contribution in [0.2, 0.25) is 0 Å². The van der Waals surface area contributed by atoms with E-state index >= 15 is 0 Å².